The number of hydrogen-bond donors (Lipinski definition) is 1. The van der Waals surface area contributed by atoms with E-state index >= 15 is 0 Å². The summed E-state index contributed by atoms with van der Waals surface area (Å²) in [7, 11) is 0. The van der Waals surface area contributed by atoms with Crippen molar-refractivity contribution >= 4 is 0 Å². The molecule has 1 fully saturated rings. The Hall–Kier alpha value is -0.860. The molecule has 1 aromatic rings. The molecule has 0 aliphatic heterocycles. The molecule has 2 rings (SSSR count). The smallest absolute Gasteiger partial charge is 0.0741 e. The molecule has 1 saturated carbocycles. The van der Waals surface area contributed by atoms with Crippen LogP contribution in [-0.2, 0) is 4.74 Å². The Bertz CT molecular complexity index is 369. The van der Waals surface area contributed by atoms with Crippen LogP contribution in [0.4, 0.5) is 0 Å². The lowest BCUT2D eigenvalue weighted by atomic mass is 9.80. The molecule has 2 unspecified atom stereocenters. The van der Waals surface area contributed by atoms with E-state index in [1.165, 1.54) is 30.4 Å². The number of ether oxygens (including phenoxy) is 1. The molecule has 0 radical (unpaired) electrons. The van der Waals surface area contributed by atoms with Crippen molar-refractivity contribution in [3.63, 3.8) is 0 Å². The highest BCUT2D eigenvalue weighted by atomic mass is 16.5. The zero-order chi connectivity index (χ0) is 13.7. The van der Waals surface area contributed by atoms with Gasteiger partial charge < -0.3 is 10.1 Å². The zero-order valence-electron chi connectivity index (χ0n) is 12.5. The Morgan fingerprint density at radius 3 is 2.37 bits per heavy atom. The first-order chi connectivity index (χ1) is 9.26. The van der Waals surface area contributed by atoms with Crippen LogP contribution in [0.2, 0.25) is 0 Å². The maximum atomic E-state index is 5.76. The lowest BCUT2D eigenvalue weighted by molar-refractivity contribution is 0.0476. The zero-order valence-corrected chi connectivity index (χ0v) is 12.5. The highest BCUT2D eigenvalue weighted by Crippen LogP contribution is 2.36. The summed E-state index contributed by atoms with van der Waals surface area (Å²) in [5, 5.41) is 3.54. The first kappa shape index (κ1) is 14.5. The Balaban J connectivity index is 2.07. The fourth-order valence-corrected chi connectivity index (χ4v) is 2.85. The first-order valence-electron chi connectivity index (χ1n) is 7.71. The highest BCUT2D eigenvalue weighted by molar-refractivity contribution is 5.29. The first-order valence-corrected chi connectivity index (χ1v) is 7.71. The van der Waals surface area contributed by atoms with Crippen molar-refractivity contribution in [1.82, 2.24) is 5.32 Å². The van der Waals surface area contributed by atoms with E-state index in [-0.39, 0.29) is 6.10 Å². The van der Waals surface area contributed by atoms with Gasteiger partial charge >= 0.3 is 0 Å². The summed E-state index contributed by atoms with van der Waals surface area (Å²) in [6.07, 6.45) is 4.34. The van der Waals surface area contributed by atoms with E-state index in [1.54, 1.807) is 0 Å². The van der Waals surface area contributed by atoms with E-state index < -0.39 is 0 Å². The van der Waals surface area contributed by atoms with Crippen LogP contribution >= 0.6 is 0 Å². The maximum Gasteiger partial charge on any atom is 0.0741 e. The van der Waals surface area contributed by atoms with Crippen LogP contribution in [0.1, 0.15) is 63.1 Å². The molecule has 1 aliphatic carbocycles. The topological polar surface area (TPSA) is 21.3 Å². The summed E-state index contributed by atoms with van der Waals surface area (Å²) < 4.78 is 5.76. The highest BCUT2D eigenvalue weighted by Gasteiger charge is 2.21. The van der Waals surface area contributed by atoms with Crippen LogP contribution < -0.4 is 5.32 Å². The lowest BCUT2D eigenvalue weighted by Gasteiger charge is -2.28. The minimum atomic E-state index is 0.208. The van der Waals surface area contributed by atoms with E-state index in [2.05, 4.69) is 50.4 Å². The second kappa shape index (κ2) is 7.06. The van der Waals surface area contributed by atoms with Gasteiger partial charge in [-0.3, -0.25) is 0 Å². The molecule has 0 saturated heterocycles. The fourth-order valence-electron chi connectivity index (χ4n) is 2.85. The van der Waals surface area contributed by atoms with Gasteiger partial charge in [-0.2, -0.15) is 0 Å². The fraction of sp³-hybridized carbons (Fsp3) is 0.647. The van der Waals surface area contributed by atoms with Crippen LogP contribution in [0.5, 0.6) is 0 Å². The van der Waals surface area contributed by atoms with Gasteiger partial charge in [0.05, 0.1) is 12.1 Å². The standard InChI is InChI=1S/C17H27NO/c1-4-18-17(13(3)19-5-2)16-11-9-15(10-12-16)14-7-6-8-14/h9-14,17-18H,4-8H2,1-3H3. The van der Waals surface area contributed by atoms with Crippen LogP contribution in [0.25, 0.3) is 0 Å². The number of rotatable bonds is 7. The third kappa shape index (κ3) is 3.58. The van der Waals surface area contributed by atoms with Crippen molar-refractivity contribution in [2.75, 3.05) is 13.2 Å². The van der Waals surface area contributed by atoms with Gasteiger partial charge in [0.15, 0.2) is 0 Å². The SMILES string of the molecule is CCNC(c1ccc(C2CCC2)cc1)C(C)OCC. The van der Waals surface area contributed by atoms with E-state index in [9.17, 15) is 0 Å². The third-order valence-electron chi connectivity index (χ3n) is 4.20. The molecule has 106 valence electrons. The Kier molecular flexibility index (Phi) is 5.41. The maximum absolute atomic E-state index is 5.76. The number of likely N-dealkylation sites (N-methyl/N-ethyl adjacent to an activating group) is 1. The monoisotopic (exact) mass is 261 g/mol. The Morgan fingerprint density at radius 1 is 1.21 bits per heavy atom. The van der Waals surface area contributed by atoms with Crippen LogP contribution in [-0.4, -0.2) is 19.3 Å². The van der Waals surface area contributed by atoms with Crippen molar-refractivity contribution < 1.29 is 4.74 Å². The molecule has 2 heteroatoms. The largest absolute Gasteiger partial charge is 0.377 e. The molecule has 0 amide bonds. The molecule has 0 aromatic heterocycles. The second-order valence-electron chi connectivity index (χ2n) is 5.49. The summed E-state index contributed by atoms with van der Waals surface area (Å²) in [4.78, 5) is 0. The number of benzene rings is 1. The minimum absolute atomic E-state index is 0.208. The van der Waals surface area contributed by atoms with Crippen molar-refractivity contribution in [2.45, 2.75) is 58.1 Å². The molecule has 1 aliphatic rings. The number of nitrogens with one attached hydrogen (secondary N) is 1. The molecule has 1 N–H and O–H groups in total. The van der Waals surface area contributed by atoms with Gasteiger partial charge in [0.2, 0.25) is 0 Å². The molecular formula is C17H27NO. The Labute approximate surface area is 117 Å². The molecular weight excluding hydrogens is 234 g/mol. The van der Waals surface area contributed by atoms with Gasteiger partial charge in [0.1, 0.15) is 0 Å². The second-order valence-corrected chi connectivity index (χ2v) is 5.49. The number of hydrogen-bond acceptors (Lipinski definition) is 2. The van der Waals surface area contributed by atoms with Crippen LogP contribution in [0, 0.1) is 0 Å². The molecule has 1 aromatic carbocycles. The van der Waals surface area contributed by atoms with Gasteiger partial charge in [-0.25, -0.2) is 0 Å². The summed E-state index contributed by atoms with van der Waals surface area (Å²) in [6, 6.07) is 9.46. The van der Waals surface area contributed by atoms with E-state index in [1.807, 2.05) is 0 Å². The van der Waals surface area contributed by atoms with Gasteiger partial charge in [-0.05, 0) is 50.3 Å². The van der Waals surface area contributed by atoms with E-state index in [0.717, 1.165) is 19.1 Å². The van der Waals surface area contributed by atoms with Crippen LogP contribution in [0.15, 0.2) is 24.3 Å². The average Bonchev–Trinajstić information content (AvgIpc) is 2.35. The van der Waals surface area contributed by atoms with Gasteiger partial charge in [-0.15, -0.1) is 0 Å². The summed E-state index contributed by atoms with van der Waals surface area (Å²) >= 11 is 0. The van der Waals surface area contributed by atoms with Crippen molar-refractivity contribution in [2.24, 2.45) is 0 Å². The molecule has 2 nitrogen and oxygen atoms in total. The summed E-state index contributed by atoms with van der Waals surface area (Å²) in [5.41, 5.74) is 2.85. The van der Waals surface area contributed by atoms with E-state index in [0.29, 0.717) is 6.04 Å². The lowest BCUT2D eigenvalue weighted by Crippen LogP contribution is -2.32. The summed E-state index contributed by atoms with van der Waals surface area (Å²) in [5.74, 6) is 0.816. The predicted molar refractivity (Wildman–Crippen MR) is 80.5 cm³/mol. The Morgan fingerprint density at radius 2 is 1.89 bits per heavy atom. The van der Waals surface area contributed by atoms with Crippen LogP contribution in [0.3, 0.4) is 0 Å². The van der Waals surface area contributed by atoms with Gasteiger partial charge in [0.25, 0.3) is 0 Å². The van der Waals surface area contributed by atoms with Crippen molar-refractivity contribution in [3.8, 4) is 0 Å². The summed E-state index contributed by atoms with van der Waals surface area (Å²) in [6.45, 7) is 8.08. The van der Waals surface area contributed by atoms with Gasteiger partial charge in [-0.1, -0.05) is 37.6 Å². The van der Waals surface area contributed by atoms with E-state index in [4.69, 9.17) is 4.74 Å². The quantitative estimate of drug-likeness (QED) is 0.800. The molecule has 0 heterocycles. The predicted octanol–water partition coefficient (Wildman–Crippen LogP) is 4.03. The molecule has 19 heavy (non-hydrogen) atoms. The molecule has 0 bridgehead atoms. The normalized spacial score (nSPS) is 18.9. The van der Waals surface area contributed by atoms with Crippen molar-refractivity contribution in [1.29, 1.82) is 0 Å². The minimum Gasteiger partial charge on any atom is -0.377 e. The molecule has 2 atom stereocenters. The van der Waals surface area contributed by atoms with Gasteiger partial charge in [0, 0.05) is 6.61 Å². The van der Waals surface area contributed by atoms with Crippen molar-refractivity contribution in [3.05, 3.63) is 35.4 Å². The molecule has 0 spiro atoms. The average molecular weight is 261 g/mol. The third-order valence-corrected chi connectivity index (χ3v) is 4.20.